The van der Waals surface area contributed by atoms with E-state index in [1.54, 1.807) is 0 Å². The second kappa shape index (κ2) is 7.49. The summed E-state index contributed by atoms with van der Waals surface area (Å²) in [5.41, 5.74) is 3.94. The van der Waals surface area contributed by atoms with Crippen LogP contribution < -0.4 is 10.6 Å². The molecule has 0 atom stereocenters. The van der Waals surface area contributed by atoms with Crippen molar-refractivity contribution >= 4 is 34.5 Å². The van der Waals surface area contributed by atoms with Crippen molar-refractivity contribution in [3.05, 3.63) is 64.7 Å². The van der Waals surface area contributed by atoms with Gasteiger partial charge in [-0.15, -0.1) is 11.3 Å². The number of thiazole rings is 1. The van der Waals surface area contributed by atoms with Gasteiger partial charge in [0.1, 0.15) is 10.7 Å². The predicted molar refractivity (Wildman–Crippen MR) is 106 cm³/mol. The summed E-state index contributed by atoms with van der Waals surface area (Å²) in [4.78, 5) is 29.0. The van der Waals surface area contributed by atoms with Crippen LogP contribution in [-0.4, -0.2) is 16.8 Å². The molecule has 0 aliphatic carbocycles. The number of hydrogen-bond donors (Lipinski definition) is 2. The lowest BCUT2D eigenvalue weighted by Gasteiger charge is -2.04. The zero-order valence-electron chi connectivity index (χ0n) is 14.8. The molecule has 132 valence electrons. The molecule has 0 aliphatic heterocycles. The van der Waals surface area contributed by atoms with Crippen molar-refractivity contribution in [2.75, 3.05) is 10.6 Å². The number of carbonyl (C=O) groups excluding carboxylic acids is 2. The van der Waals surface area contributed by atoms with E-state index in [2.05, 4.69) is 15.6 Å². The molecular weight excluding hydrogens is 346 g/mol. The smallest absolute Gasteiger partial charge is 0.275 e. The van der Waals surface area contributed by atoms with Gasteiger partial charge in [-0.1, -0.05) is 17.7 Å². The van der Waals surface area contributed by atoms with Crippen LogP contribution in [0.1, 0.15) is 27.9 Å². The molecule has 26 heavy (non-hydrogen) atoms. The lowest BCUT2D eigenvalue weighted by Crippen LogP contribution is -2.13. The summed E-state index contributed by atoms with van der Waals surface area (Å²) in [6.07, 6.45) is 0. The van der Waals surface area contributed by atoms with Gasteiger partial charge in [-0.2, -0.15) is 0 Å². The highest BCUT2D eigenvalue weighted by Crippen LogP contribution is 2.29. The van der Waals surface area contributed by atoms with Crippen LogP contribution in [0, 0.1) is 13.8 Å². The molecule has 2 N–H and O–H groups in total. The normalized spacial score (nSPS) is 10.4. The third-order valence-corrected chi connectivity index (χ3v) is 4.79. The quantitative estimate of drug-likeness (QED) is 0.708. The van der Waals surface area contributed by atoms with Crippen molar-refractivity contribution in [3.63, 3.8) is 0 Å². The minimum atomic E-state index is -0.219. The number of hydrogen-bond acceptors (Lipinski definition) is 4. The lowest BCUT2D eigenvalue weighted by atomic mass is 10.2. The molecule has 0 fully saturated rings. The monoisotopic (exact) mass is 365 g/mol. The maximum Gasteiger partial charge on any atom is 0.275 e. The largest absolute Gasteiger partial charge is 0.326 e. The Hall–Kier alpha value is -2.99. The van der Waals surface area contributed by atoms with Crippen molar-refractivity contribution in [3.8, 4) is 10.6 Å². The highest BCUT2D eigenvalue weighted by Gasteiger charge is 2.16. The van der Waals surface area contributed by atoms with E-state index in [-0.39, 0.29) is 11.8 Å². The molecule has 3 rings (SSSR count). The summed E-state index contributed by atoms with van der Waals surface area (Å²) < 4.78 is 0. The van der Waals surface area contributed by atoms with Gasteiger partial charge in [0.15, 0.2) is 0 Å². The molecule has 1 heterocycles. The first-order chi connectivity index (χ1) is 12.4. The fraction of sp³-hybridized carbons (Fsp3) is 0.150. The van der Waals surface area contributed by atoms with Crippen LogP contribution in [0.3, 0.4) is 0 Å². The van der Waals surface area contributed by atoms with Crippen molar-refractivity contribution < 1.29 is 9.59 Å². The first-order valence-electron chi connectivity index (χ1n) is 8.16. The first-order valence-corrected chi connectivity index (χ1v) is 8.97. The first kappa shape index (κ1) is 17.8. The molecule has 0 unspecified atom stereocenters. The standard InChI is InChI=1S/C20H19N3O2S/c1-12-4-8-17(9-5-12)22-19(25)18-13(2)26-20(23-18)15-6-10-16(11-7-15)21-14(3)24/h4-11H,1-3H3,(H,21,24)(H,22,25). The molecule has 0 bridgehead atoms. The van der Waals surface area contributed by atoms with Crippen LogP contribution in [0.4, 0.5) is 11.4 Å². The Balaban J connectivity index is 1.78. The van der Waals surface area contributed by atoms with E-state index in [0.29, 0.717) is 5.69 Å². The molecule has 2 amide bonds. The molecular formula is C20H19N3O2S. The average molecular weight is 365 g/mol. The number of nitrogens with one attached hydrogen (secondary N) is 2. The van der Waals surface area contributed by atoms with Crippen LogP contribution >= 0.6 is 11.3 Å². The molecule has 0 saturated heterocycles. The fourth-order valence-corrected chi connectivity index (χ4v) is 3.37. The molecule has 0 saturated carbocycles. The van der Waals surface area contributed by atoms with Crippen LogP contribution in [0.5, 0.6) is 0 Å². The average Bonchev–Trinajstić information content (AvgIpc) is 2.99. The number of carbonyl (C=O) groups is 2. The number of aromatic nitrogens is 1. The van der Waals surface area contributed by atoms with E-state index in [9.17, 15) is 9.59 Å². The molecule has 0 radical (unpaired) electrons. The van der Waals surface area contributed by atoms with Gasteiger partial charge in [-0.25, -0.2) is 4.98 Å². The lowest BCUT2D eigenvalue weighted by molar-refractivity contribution is -0.114. The maximum absolute atomic E-state index is 12.5. The zero-order valence-corrected chi connectivity index (χ0v) is 15.6. The number of benzene rings is 2. The van der Waals surface area contributed by atoms with Crippen molar-refractivity contribution in [2.45, 2.75) is 20.8 Å². The molecule has 0 aliphatic rings. The topological polar surface area (TPSA) is 71.1 Å². The Morgan fingerprint density at radius 3 is 2.08 bits per heavy atom. The molecule has 6 heteroatoms. The van der Waals surface area contributed by atoms with Gasteiger partial charge in [0.25, 0.3) is 5.91 Å². The Labute approximate surface area is 156 Å². The molecule has 0 spiro atoms. The summed E-state index contributed by atoms with van der Waals surface area (Å²) in [6, 6.07) is 15.0. The van der Waals surface area contributed by atoms with Gasteiger partial charge in [0, 0.05) is 28.7 Å². The minimum absolute atomic E-state index is 0.113. The molecule has 1 aromatic heterocycles. The molecule has 5 nitrogen and oxygen atoms in total. The molecule has 3 aromatic rings. The van der Waals surface area contributed by atoms with E-state index < -0.39 is 0 Å². The third kappa shape index (κ3) is 4.15. The van der Waals surface area contributed by atoms with Crippen molar-refractivity contribution in [1.29, 1.82) is 0 Å². The van der Waals surface area contributed by atoms with Crippen LogP contribution in [0.2, 0.25) is 0 Å². The summed E-state index contributed by atoms with van der Waals surface area (Å²) in [6.45, 7) is 5.35. The third-order valence-electron chi connectivity index (χ3n) is 3.77. The fourth-order valence-electron chi connectivity index (χ4n) is 2.46. The number of rotatable bonds is 4. The summed E-state index contributed by atoms with van der Waals surface area (Å²) in [5.74, 6) is -0.332. The molecule has 2 aromatic carbocycles. The van der Waals surface area contributed by atoms with Gasteiger partial charge in [-0.05, 0) is 50.2 Å². The summed E-state index contributed by atoms with van der Waals surface area (Å²) in [5, 5.41) is 6.38. The van der Waals surface area contributed by atoms with Gasteiger partial charge in [-0.3, -0.25) is 9.59 Å². The number of anilines is 2. The van der Waals surface area contributed by atoms with Crippen molar-refractivity contribution in [1.82, 2.24) is 4.98 Å². The second-order valence-electron chi connectivity index (χ2n) is 6.00. The Morgan fingerprint density at radius 2 is 1.46 bits per heavy atom. The Bertz CT molecular complexity index is 944. The maximum atomic E-state index is 12.5. The van der Waals surface area contributed by atoms with Crippen LogP contribution in [0.25, 0.3) is 10.6 Å². The van der Waals surface area contributed by atoms with Crippen LogP contribution in [-0.2, 0) is 4.79 Å². The van der Waals surface area contributed by atoms with Gasteiger partial charge in [0.2, 0.25) is 5.91 Å². The number of aryl methyl sites for hydroxylation is 2. The zero-order chi connectivity index (χ0) is 18.7. The highest BCUT2D eigenvalue weighted by atomic mass is 32.1. The van der Waals surface area contributed by atoms with E-state index in [1.165, 1.54) is 18.3 Å². The summed E-state index contributed by atoms with van der Waals surface area (Å²) >= 11 is 1.47. The van der Waals surface area contributed by atoms with Gasteiger partial charge < -0.3 is 10.6 Å². The van der Waals surface area contributed by atoms with E-state index in [1.807, 2.05) is 62.4 Å². The van der Waals surface area contributed by atoms with Crippen LogP contribution in [0.15, 0.2) is 48.5 Å². The van der Waals surface area contributed by atoms with Crippen molar-refractivity contribution in [2.24, 2.45) is 0 Å². The predicted octanol–water partition coefficient (Wildman–Crippen LogP) is 4.64. The second-order valence-corrected chi connectivity index (χ2v) is 7.21. The van der Waals surface area contributed by atoms with Gasteiger partial charge >= 0.3 is 0 Å². The minimum Gasteiger partial charge on any atom is -0.326 e. The Kier molecular flexibility index (Phi) is 5.14. The SMILES string of the molecule is CC(=O)Nc1ccc(-c2nc(C(=O)Nc3ccc(C)cc3)c(C)s2)cc1. The number of amides is 2. The van der Waals surface area contributed by atoms with E-state index >= 15 is 0 Å². The summed E-state index contributed by atoms with van der Waals surface area (Å²) in [7, 11) is 0. The van der Waals surface area contributed by atoms with E-state index in [4.69, 9.17) is 0 Å². The Morgan fingerprint density at radius 1 is 0.885 bits per heavy atom. The van der Waals surface area contributed by atoms with E-state index in [0.717, 1.165) is 32.4 Å². The highest BCUT2D eigenvalue weighted by molar-refractivity contribution is 7.15. The number of nitrogens with zero attached hydrogens (tertiary/aromatic N) is 1. The van der Waals surface area contributed by atoms with Gasteiger partial charge in [0.05, 0.1) is 0 Å².